The molecular weight excluding hydrogens is 178 g/mol. The summed E-state index contributed by atoms with van der Waals surface area (Å²) in [5.41, 5.74) is 1.72. The molecule has 2 rings (SSSR count). The van der Waals surface area contributed by atoms with Crippen LogP contribution in [0.2, 0.25) is 0 Å². The van der Waals surface area contributed by atoms with Crippen LogP contribution in [0, 0.1) is 5.92 Å². The van der Waals surface area contributed by atoms with Crippen LogP contribution in [0.15, 0.2) is 35.5 Å². The molecule has 0 amide bonds. The zero-order valence-corrected chi connectivity index (χ0v) is 7.89. The monoisotopic (exact) mass is 191 g/mol. The third kappa shape index (κ3) is 1.77. The second kappa shape index (κ2) is 4.24. The molecule has 1 saturated heterocycles. The first-order chi connectivity index (χ1) is 6.92. The van der Waals surface area contributed by atoms with E-state index in [4.69, 9.17) is 9.94 Å². The Labute approximate surface area is 83.0 Å². The number of rotatable bonds is 2. The number of nitrogens with zero attached hydrogens (tertiary/aromatic N) is 1. The van der Waals surface area contributed by atoms with Crippen molar-refractivity contribution in [1.29, 1.82) is 0 Å². The molecule has 3 heteroatoms. The van der Waals surface area contributed by atoms with Crippen molar-refractivity contribution in [3.05, 3.63) is 35.9 Å². The average Bonchev–Trinajstić information content (AvgIpc) is 2.74. The molecule has 3 nitrogen and oxygen atoms in total. The summed E-state index contributed by atoms with van der Waals surface area (Å²) in [6.45, 7) is 1.42. The van der Waals surface area contributed by atoms with Crippen LogP contribution >= 0.6 is 0 Å². The van der Waals surface area contributed by atoms with Gasteiger partial charge in [-0.15, -0.1) is 0 Å². The lowest BCUT2D eigenvalue weighted by molar-refractivity contribution is 0.192. The first-order valence-electron chi connectivity index (χ1n) is 4.77. The largest absolute Gasteiger partial charge is 0.411 e. The number of hydrogen-bond donors (Lipinski definition) is 1. The van der Waals surface area contributed by atoms with Gasteiger partial charge in [0.05, 0.1) is 12.3 Å². The van der Waals surface area contributed by atoms with Gasteiger partial charge in [0.25, 0.3) is 0 Å². The molecule has 0 aliphatic carbocycles. The minimum Gasteiger partial charge on any atom is -0.411 e. The lowest BCUT2D eigenvalue weighted by Crippen LogP contribution is -2.15. The highest BCUT2D eigenvalue weighted by molar-refractivity contribution is 6.02. The highest BCUT2D eigenvalue weighted by Gasteiger charge is 2.23. The van der Waals surface area contributed by atoms with Crippen LogP contribution in [-0.2, 0) is 4.74 Å². The fourth-order valence-corrected chi connectivity index (χ4v) is 1.73. The smallest absolute Gasteiger partial charge is 0.0922 e. The fourth-order valence-electron chi connectivity index (χ4n) is 1.73. The predicted molar refractivity (Wildman–Crippen MR) is 53.7 cm³/mol. The fraction of sp³-hybridized carbons (Fsp3) is 0.364. The molecule has 0 aromatic heterocycles. The third-order valence-electron chi connectivity index (χ3n) is 2.49. The van der Waals surface area contributed by atoms with Crippen LogP contribution < -0.4 is 0 Å². The van der Waals surface area contributed by atoms with Crippen molar-refractivity contribution in [3.63, 3.8) is 0 Å². The normalized spacial score (nSPS) is 22.6. The van der Waals surface area contributed by atoms with Crippen molar-refractivity contribution < 1.29 is 9.94 Å². The SMILES string of the molecule is ON=C(c1ccccc1)C1CCOC1. The highest BCUT2D eigenvalue weighted by Crippen LogP contribution is 2.18. The number of oxime groups is 1. The van der Waals surface area contributed by atoms with E-state index in [9.17, 15) is 0 Å². The Morgan fingerprint density at radius 1 is 1.36 bits per heavy atom. The summed E-state index contributed by atoms with van der Waals surface area (Å²) in [5, 5.41) is 12.3. The Bertz CT molecular complexity index is 315. The second-order valence-corrected chi connectivity index (χ2v) is 3.41. The second-order valence-electron chi connectivity index (χ2n) is 3.41. The third-order valence-corrected chi connectivity index (χ3v) is 2.49. The van der Waals surface area contributed by atoms with Gasteiger partial charge in [-0.25, -0.2) is 0 Å². The van der Waals surface area contributed by atoms with Crippen LogP contribution in [0.4, 0.5) is 0 Å². The van der Waals surface area contributed by atoms with Crippen LogP contribution in [0.3, 0.4) is 0 Å². The molecule has 74 valence electrons. The molecule has 0 bridgehead atoms. The quantitative estimate of drug-likeness (QED) is 0.440. The molecule has 1 N–H and O–H groups in total. The lowest BCUT2D eigenvalue weighted by atomic mass is 9.96. The van der Waals surface area contributed by atoms with Gasteiger partial charge in [-0.05, 0) is 12.0 Å². The van der Waals surface area contributed by atoms with Gasteiger partial charge in [0.15, 0.2) is 0 Å². The topological polar surface area (TPSA) is 41.8 Å². The summed E-state index contributed by atoms with van der Waals surface area (Å²) in [6.07, 6.45) is 0.939. The standard InChI is InChI=1S/C11H13NO2/c13-12-11(10-6-7-14-8-10)9-4-2-1-3-5-9/h1-5,10,13H,6-8H2. The number of hydrogen-bond acceptors (Lipinski definition) is 3. The van der Waals surface area contributed by atoms with Crippen LogP contribution in [-0.4, -0.2) is 24.1 Å². The van der Waals surface area contributed by atoms with E-state index >= 15 is 0 Å². The van der Waals surface area contributed by atoms with E-state index in [0.717, 1.165) is 24.3 Å². The Morgan fingerprint density at radius 3 is 2.71 bits per heavy atom. The maximum Gasteiger partial charge on any atom is 0.0922 e. The number of ether oxygens (including phenoxy) is 1. The van der Waals surface area contributed by atoms with Crippen molar-refractivity contribution in [1.82, 2.24) is 0 Å². The van der Waals surface area contributed by atoms with Gasteiger partial charge in [0.2, 0.25) is 0 Å². The molecule has 1 unspecified atom stereocenters. The Balaban J connectivity index is 2.22. The average molecular weight is 191 g/mol. The van der Waals surface area contributed by atoms with Gasteiger partial charge >= 0.3 is 0 Å². The molecule has 1 heterocycles. The van der Waals surface area contributed by atoms with Crippen molar-refractivity contribution in [2.45, 2.75) is 6.42 Å². The minimum absolute atomic E-state index is 0.238. The summed E-state index contributed by atoms with van der Waals surface area (Å²) < 4.78 is 5.27. The van der Waals surface area contributed by atoms with Gasteiger partial charge in [-0.1, -0.05) is 35.5 Å². The first kappa shape index (κ1) is 9.21. The number of benzene rings is 1. The maximum atomic E-state index is 8.97. The molecule has 1 aliphatic rings. The molecule has 1 atom stereocenters. The van der Waals surface area contributed by atoms with E-state index in [0.29, 0.717) is 6.61 Å². The molecule has 1 fully saturated rings. The zero-order valence-electron chi connectivity index (χ0n) is 7.89. The van der Waals surface area contributed by atoms with Gasteiger partial charge in [-0.3, -0.25) is 0 Å². The summed E-state index contributed by atoms with van der Waals surface area (Å²) in [7, 11) is 0. The van der Waals surface area contributed by atoms with Crippen LogP contribution in [0.5, 0.6) is 0 Å². The van der Waals surface area contributed by atoms with Gasteiger partial charge in [-0.2, -0.15) is 0 Å². The molecular formula is C11H13NO2. The maximum absolute atomic E-state index is 8.97. The van der Waals surface area contributed by atoms with Crippen LogP contribution in [0.1, 0.15) is 12.0 Å². The molecule has 1 aromatic carbocycles. The molecule has 0 saturated carbocycles. The summed E-state index contributed by atoms with van der Waals surface area (Å²) in [5.74, 6) is 0.238. The first-order valence-corrected chi connectivity index (χ1v) is 4.77. The molecule has 14 heavy (non-hydrogen) atoms. The van der Waals surface area contributed by atoms with E-state index in [-0.39, 0.29) is 5.92 Å². The van der Waals surface area contributed by atoms with Crippen LogP contribution in [0.25, 0.3) is 0 Å². The van der Waals surface area contributed by atoms with Crippen molar-refractivity contribution in [3.8, 4) is 0 Å². The van der Waals surface area contributed by atoms with Crippen molar-refractivity contribution in [2.24, 2.45) is 11.1 Å². The van der Waals surface area contributed by atoms with Gasteiger partial charge in [0.1, 0.15) is 0 Å². The van der Waals surface area contributed by atoms with E-state index in [1.54, 1.807) is 0 Å². The van der Waals surface area contributed by atoms with E-state index in [2.05, 4.69) is 5.16 Å². The van der Waals surface area contributed by atoms with E-state index in [1.165, 1.54) is 0 Å². The van der Waals surface area contributed by atoms with Gasteiger partial charge < -0.3 is 9.94 Å². The van der Waals surface area contributed by atoms with E-state index < -0.39 is 0 Å². The molecule has 0 spiro atoms. The summed E-state index contributed by atoms with van der Waals surface area (Å²) in [6, 6.07) is 9.73. The zero-order chi connectivity index (χ0) is 9.80. The lowest BCUT2D eigenvalue weighted by Gasteiger charge is -2.09. The Kier molecular flexibility index (Phi) is 2.79. The van der Waals surface area contributed by atoms with Gasteiger partial charge in [0, 0.05) is 12.5 Å². The summed E-state index contributed by atoms with van der Waals surface area (Å²) in [4.78, 5) is 0. The predicted octanol–water partition coefficient (Wildman–Crippen LogP) is 1.90. The highest BCUT2D eigenvalue weighted by atomic mass is 16.5. The molecule has 1 aromatic rings. The summed E-state index contributed by atoms with van der Waals surface area (Å²) >= 11 is 0. The minimum atomic E-state index is 0.238. The molecule has 0 radical (unpaired) electrons. The van der Waals surface area contributed by atoms with Crippen molar-refractivity contribution >= 4 is 5.71 Å². The van der Waals surface area contributed by atoms with Crippen molar-refractivity contribution in [2.75, 3.05) is 13.2 Å². The molecule has 1 aliphatic heterocycles. The van der Waals surface area contributed by atoms with E-state index in [1.807, 2.05) is 30.3 Å². The Hall–Kier alpha value is -1.35. The Morgan fingerprint density at radius 2 is 2.14 bits per heavy atom.